The van der Waals surface area contributed by atoms with E-state index in [0.717, 1.165) is 28.1 Å². The molecule has 1 aromatic heterocycles. The van der Waals surface area contributed by atoms with Crippen LogP contribution >= 0.6 is 11.6 Å². The molecule has 0 fully saturated rings. The molecule has 2 amide bonds. The number of nitrogens with one attached hydrogen (secondary N) is 1. The Kier molecular flexibility index (Phi) is 7.55. The molecule has 0 saturated carbocycles. The molecule has 0 unspecified atom stereocenters. The molecular formula is C29H29ClN4O2. The fourth-order valence-corrected chi connectivity index (χ4v) is 4.05. The number of hydrogen-bond acceptors (Lipinski definition) is 3. The lowest BCUT2D eigenvalue weighted by atomic mass is 10.1. The van der Waals surface area contributed by atoms with Crippen LogP contribution in [0.5, 0.6) is 0 Å². The van der Waals surface area contributed by atoms with E-state index in [0.29, 0.717) is 16.5 Å². The van der Waals surface area contributed by atoms with Gasteiger partial charge >= 0.3 is 0 Å². The average Bonchev–Trinajstić information content (AvgIpc) is 3.26. The molecule has 4 rings (SSSR count). The normalized spacial score (nSPS) is 10.9. The summed E-state index contributed by atoms with van der Waals surface area (Å²) in [5.41, 5.74) is 5.20. The second kappa shape index (κ2) is 10.8. The minimum Gasteiger partial charge on any atom is -0.327 e. The van der Waals surface area contributed by atoms with Crippen LogP contribution in [-0.4, -0.2) is 38.9 Å². The summed E-state index contributed by atoms with van der Waals surface area (Å²) in [4.78, 5) is 32.6. The fourth-order valence-electron chi connectivity index (χ4n) is 3.83. The molecule has 4 aromatic rings. The molecule has 3 aromatic carbocycles. The van der Waals surface area contributed by atoms with Gasteiger partial charge in [0.05, 0.1) is 16.3 Å². The zero-order chi connectivity index (χ0) is 25.8. The maximum absolute atomic E-state index is 13.2. The standard InChI is InChI=1S/C29H29ClN4O2/c1-19(2)33(28(36)24-7-5-6-8-25(24)30)18-27(35)32-29-31-26(22-13-9-20(3)10-14-22)17-34(29)23-15-11-21(4)12-16-23/h5-17,19H,18H2,1-4H3,(H,31,32,35). The second-order valence-corrected chi connectivity index (χ2v) is 9.48. The van der Waals surface area contributed by atoms with Gasteiger partial charge in [-0.25, -0.2) is 4.98 Å². The highest BCUT2D eigenvalue weighted by Gasteiger charge is 2.24. The first-order chi connectivity index (χ1) is 17.2. The summed E-state index contributed by atoms with van der Waals surface area (Å²) in [6, 6.07) is 22.7. The molecule has 0 atom stereocenters. The summed E-state index contributed by atoms with van der Waals surface area (Å²) in [7, 11) is 0. The van der Waals surface area contributed by atoms with Gasteiger partial charge in [0, 0.05) is 23.5 Å². The van der Waals surface area contributed by atoms with Gasteiger partial charge in [0.25, 0.3) is 5.91 Å². The minimum atomic E-state index is -0.349. The Hall–Kier alpha value is -3.90. The van der Waals surface area contributed by atoms with E-state index in [9.17, 15) is 9.59 Å². The van der Waals surface area contributed by atoms with Crippen molar-refractivity contribution >= 4 is 29.4 Å². The van der Waals surface area contributed by atoms with Gasteiger partial charge in [0.2, 0.25) is 11.9 Å². The number of halogens is 1. The van der Waals surface area contributed by atoms with Crippen molar-refractivity contribution in [2.75, 3.05) is 11.9 Å². The van der Waals surface area contributed by atoms with Gasteiger partial charge in [-0.2, -0.15) is 0 Å². The lowest BCUT2D eigenvalue weighted by Crippen LogP contribution is -2.42. The second-order valence-electron chi connectivity index (χ2n) is 9.08. The van der Waals surface area contributed by atoms with Crippen molar-refractivity contribution in [3.8, 4) is 16.9 Å². The monoisotopic (exact) mass is 500 g/mol. The molecule has 0 bridgehead atoms. The minimum absolute atomic E-state index is 0.137. The number of nitrogens with zero attached hydrogens (tertiary/aromatic N) is 3. The lowest BCUT2D eigenvalue weighted by Gasteiger charge is -2.26. The smallest absolute Gasteiger partial charge is 0.256 e. The number of carbonyl (C=O) groups is 2. The van der Waals surface area contributed by atoms with E-state index < -0.39 is 0 Å². The largest absolute Gasteiger partial charge is 0.327 e. The number of anilines is 1. The number of benzene rings is 3. The van der Waals surface area contributed by atoms with E-state index >= 15 is 0 Å². The highest BCUT2D eigenvalue weighted by atomic mass is 35.5. The molecule has 0 aliphatic carbocycles. The van der Waals surface area contributed by atoms with Crippen LogP contribution in [-0.2, 0) is 4.79 Å². The van der Waals surface area contributed by atoms with Gasteiger partial charge in [-0.3, -0.25) is 19.5 Å². The zero-order valence-corrected chi connectivity index (χ0v) is 21.6. The molecule has 0 saturated heterocycles. The number of rotatable bonds is 7. The van der Waals surface area contributed by atoms with Crippen LogP contribution in [0.25, 0.3) is 16.9 Å². The molecule has 0 radical (unpaired) electrons. The van der Waals surface area contributed by atoms with Crippen LogP contribution in [0.1, 0.15) is 35.3 Å². The van der Waals surface area contributed by atoms with Gasteiger partial charge in [0.15, 0.2) is 0 Å². The SMILES string of the molecule is Cc1ccc(-c2cn(-c3ccc(C)cc3)c(NC(=O)CN(C(=O)c3ccccc3Cl)C(C)C)n2)cc1. The number of amides is 2. The van der Waals surface area contributed by atoms with Crippen molar-refractivity contribution in [3.05, 3.63) is 101 Å². The first-order valence-electron chi connectivity index (χ1n) is 11.8. The summed E-state index contributed by atoms with van der Waals surface area (Å²) >= 11 is 6.24. The first kappa shape index (κ1) is 25.2. The highest BCUT2D eigenvalue weighted by molar-refractivity contribution is 6.33. The fraction of sp³-hybridized carbons (Fsp3) is 0.207. The van der Waals surface area contributed by atoms with Gasteiger partial charge in [0.1, 0.15) is 6.54 Å². The van der Waals surface area contributed by atoms with Gasteiger partial charge in [-0.15, -0.1) is 0 Å². The Morgan fingerprint density at radius 1 is 0.944 bits per heavy atom. The van der Waals surface area contributed by atoms with Crippen molar-refractivity contribution < 1.29 is 9.59 Å². The molecule has 7 heteroatoms. The topological polar surface area (TPSA) is 67.2 Å². The van der Waals surface area contributed by atoms with Crippen LogP contribution in [0.4, 0.5) is 5.95 Å². The van der Waals surface area contributed by atoms with Crippen molar-refractivity contribution in [1.29, 1.82) is 0 Å². The lowest BCUT2D eigenvalue weighted by molar-refractivity contribution is -0.117. The summed E-state index contributed by atoms with van der Waals surface area (Å²) in [6.45, 7) is 7.65. The first-order valence-corrected chi connectivity index (χ1v) is 12.2. The molecule has 0 spiro atoms. The zero-order valence-electron chi connectivity index (χ0n) is 20.8. The Labute approximate surface area is 216 Å². The van der Waals surface area contributed by atoms with E-state index in [-0.39, 0.29) is 24.4 Å². The molecule has 0 aliphatic heterocycles. The summed E-state index contributed by atoms with van der Waals surface area (Å²) < 4.78 is 1.85. The molecule has 1 N–H and O–H groups in total. The van der Waals surface area contributed by atoms with Gasteiger partial charge in [-0.05, 0) is 52.0 Å². The number of carbonyl (C=O) groups excluding carboxylic acids is 2. The van der Waals surface area contributed by atoms with Crippen molar-refractivity contribution in [1.82, 2.24) is 14.5 Å². The Morgan fingerprint density at radius 3 is 2.17 bits per heavy atom. The van der Waals surface area contributed by atoms with E-state index in [1.165, 1.54) is 4.90 Å². The molecule has 6 nitrogen and oxygen atoms in total. The highest BCUT2D eigenvalue weighted by Crippen LogP contribution is 2.25. The van der Waals surface area contributed by atoms with Gasteiger partial charge < -0.3 is 4.90 Å². The van der Waals surface area contributed by atoms with Crippen LogP contribution in [0, 0.1) is 13.8 Å². The molecule has 1 heterocycles. The quantitative estimate of drug-likeness (QED) is 0.324. The van der Waals surface area contributed by atoms with E-state index in [1.54, 1.807) is 24.3 Å². The summed E-state index contributed by atoms with van der Waals surface area (Å²) in [6.07, 6.45) is 1.90. The van der Waals surface area contributed by atoms with Crippen LogP contribution in [0.15, 0.2) is 79.0 Å². The third kappa shape index (κ3) is 5.66. The van der Waals surface area contributed by atoms with E-state index in [2.05, 4.69) is 5.32 Å². The maximum atomic E-state index is 13.2. The Bertz CT molecular complexity index is 1380. The predicted molar refractivity (Wildman–Crippen MR) is 145 cm³/mol. The molecular weight excluding hydrogens is 472 g/mol. The Balaban J connectivity index is 1.63. The molecule has 36 heavy (non-hydrogen) atoms. The van der Waals surface area contributed by atoms with Crippen molar-refractivity contribution in [2.45, 2.75) is 33.7 Å². The number of imidazole rings is 1. The van der Waals surface area contributed by atoms with Gasteiger partial charge in [-0.1, -0.05) is 71.3 Å². The molecule has 0 aliphatic rings. The number of aromatic nitrogens is 2. The number of hydrogen-bond donors (Lipinski definition) is 1. The van der Waals surface area contributed by atoms with E-state index in [1.807, 2.05) is 87.0 Å². The van der Waals surface area contributed by atoms with Crippen LogP contribution < -0.4 is 5.32 Å². The average molecular weight is 501 g/mol. The predicted octanol–water partition coefficient (Wildman–Crippen LogP) is 6.30. The Morgan fingerprint density at radius 2 is 1.56 bits per heavy atom. The maximum Gasteiger partial charge on any atom is 0.256 e. The van der Waals surface area contributed by atoms with Crippen LogP contribution in [0.3, 0.4) is 0 Å². The summed E-state index contributed by atoms with van der Waals surface area (Å²) in [5, 5.41) is 3.27. The third-order valence-electron chi connectivity index (χ3n) is 5.92. The van der Waals surface area contributed by atoms with Crippen LogP contribution in [0.2, 0.25) is 5.02 Å². The van der Waals surface area contributed by atoms with Crippen molar-refractivity contribution in [3.63, 3.8) is 0 Å². The van der Waals surface area contributed by atoms with E-state index in [4.69, 9.17) is 16.6 Å². The summed E-state index contributed by atoms with van der Waals surface area (Å²) in [5.74, 6) is -0.264. The number of aryl methyl sites for hydroxylation is 2. The molecule has 184 valence electrons. The third-order valence-corrected chi connectivity index (χ3v) is 6.25. The van der Waals surface area contributed by atoms with Crippen molar-refractivity contribution in [2.24, 2.45) is 0 Å².